The average Bonchev–Trinajstić information content (AvgIpc) is 3.28. The molecule has 0 atom stereocenters. The Morgan fingerprint density at radius 2 is 1.48 bits per heavy atom. The number of nitrogens with one attached hydrogen (secondary N) is 1. The molecule has 1 N–H and O–H groups in total. The third-order valence-corrected chi connectivity index (χ3v) is 6.40. The number of thiophene rings is 1. The maximum Gasteiger partial charge on any atom is 0.334 e. The molecule has 0 fully saturated rings. The fourth-order valence-corrected chi connectivity index (χ4v) is 4.73. The van der Waals surface area contributed by atoms with Gasteiger partial charge in [-0.05, 0) is 53.1 Å². The average molecular weight is 452 g/mol. The number of nitriles is 1. The topological polar surface area (TPSA) is 87.9 Å². The van der Waals surface area contributed by atoms with Crippen LogP contribution in [0.4, 0.5) is 0 Å². The quantitative estimate of drug-likeness (QED) is 0.419. The lowest BCUT2D eigenvalue weighted by Crippen LogP contribution is -2.33. The van der Waals surface area contributed by atoms with Crippen LogP contribution in [0.25, 0.3) is 38.2 Å². The first-order chi connectivity index (χ1) is 16.1. The molecule has 6 nitrogen and oxygen atoms in total. The number of hydrogen-bond donors (Lipinski definition) is 1. The molecule has 0 unspecified atom stereocenters. The molecule has 0 spiro atoms. The molecule has 0 aliphatic heterocycles. The molecule has 0 saturated carbocycles. The van der Waals surface area contributed by atoms with Crippen molar-refractivity contribution in [3.63, 3.8) is 0 Å². The Kier molecular flexibility index (Phi) is 5.13. The number of aromatic nitrogens is 2. The Bertz CT molecular complexity index is 1620. The van der Waals surface area contributed by atoms with Crippen LogP contribution in [0, 0.1) is 11.3 Å². The highest BCUT2D eigenvalue weighted by Crippen LogP contribution is 2.32. The third kappa shape index (κ3) is 3.63. The van der Waals surface area contributed by atoms with Gasteiger partial charge in [-0.15, -0.1) is 11.3 Å². The van der Waals surface area contributed by atoms with Gasteiger partial charge >= 0.3 is 5.69 Å². The molecule has 160 valence electrons. The molecule has 0 saturated heterocycles. The van der Waals surface area contributed by atoms with Gasteiger partial charge in [-0.3, -0.25) is 9.78 Å². The predicted octanol–water partition coefficient (Wildman–Crippen LogP) is 4.95. The van der Waals surface area contributed by atoms with Crippen molar-refractivity contribution >= 4 is 21.6 Å². The van der Waals surface area contributed by atoms with Gasteiger partial charge in [-0.2, -0.15) is 5.26 Å². The molecule has 0 radical (unpaired) electrons. The SMILES string of the molecule is COc1ccc(-n2c(=O)[nH]c3scc(-c4ccc(-c5ccc(C#N)cc5)cc4)c3c2=O)cc1. The standard InChI is InChI=1S/C26H17N3O3S/c1-32-21-12-10-20(11-13-21)29-25(30)23-22(15-33-24(23)28-26(29)31)19-8-6-18(7-9-19)17-4-2-16(14-27)3-5-17/h2-13,15H,1H3,(H,28,31). The molecule has 0 aliphatic rings. The molecule has 2 aromatic heterocycles. The molecule has 0 aliphatic carbocycles. The van der Waals surface area contributed by atoms with Crippen molar-refractivity contribution in [2.24, 2.45) is 0 Å². The van der Waals surface area contributed by atoms with Gasteiger partial charge in [0.05, 0.1) is 29.8 Å². The number of aromatic amines is 1. The van der Waals surface area contributed by atoms with Crippen LogP contribution in [0.1, 0.15) is 5.56 Å². The van der Waals surface area contributed by atoms with E-state index in [2.05, 4.69) is 11.1 Å². The van der Waals surface area contributed by atoms with Crippen molar-refractivity contribution in [3.05, 3.63) is 105 Å². The highest BCUT2D eigenvalue weighted by molar-refractivity contribution is 7.17. The summed E-state index contributed by atoms with van der Waals surface area (Å²) in [5.41, 5.74) is 3.88. The minimum Gasteiger partial charge on any atom is -0.497 e. The lowest BCUT2D eigenvalue weighted by molar-refractivity contribution is 0.414. The first-order valence-electron chi connectivity index (χ1n) is 10.1. The first-order valence-corrected chi connectivity index (χ1v) is 11.0. The monoisotopic (exact) mass is 451 g/mol. The summed E-state index contributed by atoms with van der Waals surface area (Å²) in [6.07, 6.45) is 0. The predicted molar refractivity (Wildman–Crippen MR) is 130 cm³/mol. The lowest BCUT2D eigenvalue weighted by Gasteiger charge is -2.08. The summed E-state index contributed by atoms with van der Waals surface area (Å²) >= 11 is 1.33. The van der Waals surface area contributed by atoms with E-state index in [0.717, 1.165) is 26.8 Å². The minimum atomic E-state index is -0.484. The number of nitrogens with zero attached hydrogens (tertiary/aromatic N) is 2. The van der Waals surface area contributed by atoms with Gasteiger partial charge in [0, 0.05) is 10.9 Å². The fourth-order valence-electron chi connectivity index (χ4n) is 3.78. The van der Waals surface area contributed by atoms with Crippen molar-refractivity contribution in [1.29, 1.82) is 5.26 Å². The van der Waals surface area contributed by atoms with Gasteiger partial charge in [-0.1, -0.05) is 36.4 Å². The second-order valence-electron chi connectivity index (χ2n) is 7.39. The van der Waals surface area contributed by atoms with Gasteiger partial charge < -0.3 is 4.74 Å². The molecule has 7 heteroatoms. The molecular formula is C26H17N3O3S. The number of fused-ring (bicyclic) bond motifs is 1. The fraction of sp³-hybridized carbons (Fsp3) is 0.0385. The molecule has 5 aromatic rings. The lowest BCUT2D eigenvalue weighted by atomic mass is 10.00. The van der Waals surface area contributed by atoms with Crippen molar-refractivity contribution < 1.29 is 4.74 Å². The van der Waals surface area contributed by atoms with E-state index >= 15 is 0 Å². The number of rotatable bonds is 4. The van der Waals surface area contributed by atoms with Crippen LogP contribution in [-0.4, -0.2) is 16.7 Å². The number of hydrogen-bond acceptors (Lipinski definition) is 5. The van der Waals surface area contributed by atoms with E-state index < -0.39 is 5.69 Å². The Hall–Kier alpha value is -4.41. The van der Waals surface area contributed by atoms with Crippen LogP contribution in [0.15, 0.2) is 87.8 Å². The van der Waals surface area contributed by atoms with E-state index in [0.29, 0.717) is 27.2 Å². The van der Waals surface area contributed by atoms with Crippen LogP contribution in [-0.2, 0) is 0 Å². The molecule has 2 heterocycles. The van der Waals surface area contributed by atoms with Crippen molar-refractivity contribution in [2.75, 3.05) is 7.11 Å². The van der Waals surface area contributed by atoms with Gasteiger partial charge in [0.25, 0.3) is 5.56 Å². The largest absolute Gasteiger partial charge is 0.497 e. The number of H-pyrrole nitrogens is 1. The van der Waals surface area contributed by atoms with Crippen molar-refractivity contribution in [3.8, 4) is 39.8 Å². The first kappa shape index (κ1) is 20.5. The molecule has 5 rings (SSSR count). The van der Waals surface area contributed by atoms with E-state index in [1.54, 1.807) is 43.5 Å². The van der Waals surface area contributed by atoms with Gasteiger partial charge in [-0.25, -0.2) is 9.36 Å². The Morgan fingerprint density at radius 3 is 2.09 bits per heavy atom. The van der Waals surface area contributed by atoms with E-state index in [4.69, 9.17) is 10.00 Å². The summed E-state index contributed by atoms with van der Waals surface area (Å²) in [4.78, 5) is 29.4. The van der Waals surface area contributed by atoms with E-state index in [1.165, 1.54) is 11.3 Å². The zero-order valence-corrected chi connectivity index (χ0v) is 18.3. The van der Waals surface area contributed by atoms with E-state index in [1.807, 2.05) is 41.8 Å². The second-order valence-corrected chi connectivity index (χ2v) is 8.27. The number of methoxy groups -OCH3 is 1. The van der Waals surface area contributed by atoms with E-state index in [-0.39, 0.29) is 5.56 Å². The summed E-state index contributed by atoms with van der Waals surface area (Å²) in [6.45, 7) is 0. The zero-order valence-electron chi connectivity index (χ0n) is 17.5. The highest BCUT2D eigenvalue weighted by atomic mass is 32.1. The van der Waals surface area contributed by atoms with Crippen LogP contribution in [0.2, 0.25) is 0 Å². The summed E-state index contributed by atoms with van der Waals surface area (Å²) in [6, 6.07) is 24.2. The molecule has 3 aromatic carbocycles. The zero-order chi connectivity index (χ0) is 22.9. The highest BCUT2D eigenvalue weighted by Gasteiger charge is 2.16. The van der Waals surface area contributed by atoms with Crippen LogP contribution in [0.5, 0.6) is 5.75 Å². The third-order valence-electron chi connectivity index (χ3n) is 5.51. The Labute approximate surface area is 192 Å². The molecule has 0 bridgehead atoms. The molecule has 33 heavy (non-hydrogen) atoms. The Morgan fingerprint density at radius 1 is 0.879 bits per heavy atom. The second kappa shape index (κ2) is 8.26. The summed E-state index contributed by atoms with van der Waals surface area (Å²) in [5.74, 6) is 0.642. The number of ether oxygens (including phenoxy) is 1. The van der Waals surface area contributed by atoms with Crippen molar-refractivity contribution in [2.45, 2.75) is 0 Å². The molecular weight excluding hydrogens is 434 g/mol. The maximum absolute atomic E-state index is 13.4. The maximum atomic E-state index is 13.4. The van der Waals surface area contributed by atoms with E-state index in [9.17, 15) is 9.59 Å². The van der Waals surface area contributed by atoms with Crippen molar-refractivity contribution in [1.82, 2.24) is 9.55 Å². The number of benzene rings is 3. The van der Waals surface area contributed by atoms with Gasteiger partial charge in [0.15, 0.2) is 0 Å². The minimum absolute atomic E-state index is 0.369. The van der Waals surface area contributed by atoms with Gasteiger partial charge in [0.1, 0.15) is 10.6 Å². The van der Waals surface area contributed by atoms with Crippen LogP contribution >= 0.6 is 11.3 Å². The summed E-state index contributed by atoms with van der Waals surface area (Å²) in [5, 5.41) is 11.3. The summed E-state index contributed by atoms with van der Waals surface area (Å²) < 4.78 is 6.31. The summed E-state index contributed by atoms with van der Waals surface area (Å²) in [7, 11) is 1.56. The normalized spacial score (nSPS) is 10.8. The van der Waals surface area contributed by atoms with Gasteiger partial charge in [0.2, 0.25) is 0 Å². The van der Waals surface area contributed by atoms with Crippen LogP contribution in [0.3, 0.4) is 0 Å². The van der Waals surface area contributed by atoms with Crippen LogP contribution < -0.4 is 16.0 Å². The molecule has 0 amide bonds. The smallest absolute Gasteiger partial charge is 0.334 e. The Balaban J connectivity index is 1.59.